The molecule has 2 aromatic carbocycles. The van der Waals surface area contributed by atoms with E-state index in [-0.39, 0.29) is 18.4 Å². The van der Waals surface area contributed by atoms with Crippen LogP contribution in [0.1, 0.15) is 29.0 Å². The van der Waals surface area contributed by atoms with Crippen LogP contribution in [-0.2, 0) is 11.3 Å². The van der Waals surface area contributed by atoms with Crippen LogP contribution >= 0.6 is 0 Å². The molecule has 1 aromatic heterocycles. The van der Waals surface area contributed by atoms with Crippen molar-refractivity contribution in [2.45, 2.75) is 19.4 Å². The van der Waals surface area contributed by atoms with Crippen LogP contribution in [0.5, 0.6) is 0 Å². The second-order valence-electron chi connectivity index (χ2n) is 6.26. The van der Waals surface area contributed by atoms with Crippen molar-refractivity contribution in [3.05, 3.63) is 66.0 Å². The van der Waals surface area contributed by atoms with E-state index in [4.69, 9.17) is 4.52 Å². The molecule has 0 aliphatic carbocycles. The van der Waals surface area contributed by atoms with Gasteiger partial charge in [-0.3, -0.25) is 9.59 Å². The SMILES string of the molecule is O=C(NCc1noc(-c2ccccc2)n1)c1cccc(N2CCCC2=O)c1. The van der Waals surface area contributed by atoms with Gasteiger partial charge in [0.25, 0.3) is 11.8 Å². The molecule has 0 bridgehead atoms. The fourth-order valence-electron chi connectivity index (χ4n) is 3.02. The zero-order valence-electron chi connectivity index (χ0n) is 14.6. The lowest BCUT2D eigenvalue weighted by Crippen LogP contribution is -2.26. The smallest absolute Gasteiger partial charge is 0.257 e. The number of benzene rings is 2. The van der Waals surface area contributed by atoms with Crippen molar-refractivity contribution >= 4 is 17.5 Å². The highest BCUT2D eigenvalue weighted by molar-refractivity contribution is 5.99. The third-order valence-corrected chi connectivity index (χ3v) is 4.39. The van der Waals surface area contributed by atoms with Gasteiger partial charge in [-0.2, -0.15) is 4.98 Å². The van der Waals surface area contributed by atoms with Crippen LogP contribution in [0.3, 0.4) is 0 Å². The molecule has 27 heavy (non-hydrogen) atoms. The summed E-state index contributed by atoms with van der Waals surface area (Å²) in [5, 5.41) is 6.68. The van der Waals surface area contributed by atoms with Crippen molar-refractivity contribution in [1.29, 1.82) is 0 Å². The quantitative estimate of drug-likeness (QED) is 0.754. The second kappa shape index (κ2) is 7.41. The third kappa shape index (κ3) is 3.72. The Kier molecular flexibility index (Phi) is 4.65. The third-order valence-electron chi connectivity index (χ3n) is 4.39. The number of carbonyl (C=O) groups is 2. The highest BCUT2D eigenvalue weighted by Gasteiger charge is 2.22. The Bertz CT molecular complexity index is 968. The Morgan fingerprint density at radius 1 is 1.15 bits per heavy atom. The molecule has 1 aliphatic rings. The summed E-state index contributed by atoms with van der Waals surface area (Å²) in [4.78, 5) is 30.3. The van der Waals surface area contributed by atoms with Crippen LogP contribution in [0.4, 0.5) is 5.69 Å². The number of carbonyl (C=O) groups excluding carboxylic acids is 2. The number of nitrogens with one attached hydrogen (secondary N) is 1. The number of rotatable bonds is 5. The summed E-state index contributed by atoms with van der Waals surface area (Å²) in [6.45, 7) is 0.844. The predicted octanol–water partition coefficient (Wildman–Crippen LogP) is 2.79. The van der Waals surface area contributed by atoms with E-state index < -0.39 is 0 Å². The molecule has 3 aromatic rings. The molecule has 1 fully saturated rings. The Hall–Kier alpha value is -3.48. The largest absolute Gasteiger partial charge is 0.345 e. The molecular formula is C20H18N4O3. The van der Waals surface area contributed by atoms with Gasteiger partial charge in [0.1, 0.15) is 0 Å². The minimum Gasteiger partial charge on any atom is -0.345 e. The van der Waals surface area contributed by atoms with Gasteiger partial charge >= 0.3 is 0 Å². The Labute approximate surface area is 156 Å². The lowest BCUT2D eigenvalue weighted by atomic mass is 10.1. The van der Waals surface area contributed by atoms with E-state index in [2.05, 4.69) is 15.5 Å². The minimum atomic E-state index is -0.255. The molecule has 0 spiro atoms. The number of aromatic nitrogens is 2. The van der Waals surface area contributed by atoms with E-state index in [0.717, 1.165) is 17.7 Å². The van der Waals surface area contributed by atoms with E-state index in [1.807, 2.05) is 36.4 Å². The molecule has 1 saturated heterocycles. The lowest BCUT2D eigenvalue weighted by molar-refractivity contribution is -0.117. The van der Waals surface area contributed by atoms with Crippen LogP contribution in [0, 0.1) is 0 Å². The molecule has 7 heteroatoms. The highest BCUT2D eigenvalue weighted by Crippen LogP contribution is 2.22. The van der Waals surface area contributed by atoms with Crippen molar-refractivity contribution in [2.24, 2.45) is 0 Å². The van der Waals surface area contributed by atoms with Crippen LogP contribution in [0.25, 0.3) is 11.5 Å². The van der Waals surface area contributed by atoms with E-state index in [1.54, 1.807) is 23.1 Å². The number of amides is 2. The topological polar surface area (TPSA) is 88.3 Å². The number of hydrogen-bond donors (Lipinski definition) is 1. The summed E-state index contributed by atoms with van der Waals surface area (Å²) < 4.78 is 5.23. The Balaban J connectivity index is 1.41. The van der Waals surface area contributed by atoms with Gasteiger partial charge in [0.2, 0.25) is 5.91 Å². The Morgan fingerprint density at radius 3 is 2.78 bits per heavy atom. The molecule has 4 rings (SSSR count). The molecule has 2 amide bonds. The first kappa shape index (κ1) is 17.0. The molecule has 1 aliphatic heterocycles. The number of hydrogen-bond acceptors (Lipinski definition) is 5. The van der Waals surface area contributed by atoms with Gasteiger partial charge in [0, 0.05) is 29.8 Å². The van der Waals surface area contributed by atoms with Crippen LogP contribution in [0.15, 0.2) is 59.1 Å². The zero-order chi connectivity index (χ0) is 18.6. The van der Waals surface area contributed by atoms with E-state index >= 15 is 0 Å². The monoisotopic (exact) mass is 362 g/mol. The molecule has 0 radical (unpaired) electrons. The maximum Gasteiger partial charge on any atom is 0.257 e. The molecule has 1 N–H and O–H groups in total. The van der Waals surface area contributed by atoms with Crippen molar-refractivity contribution in [3.63, 3.8) is 0 Å². The van der Waals surface area contributed by atoms with Gasteiger partial charge < -0.3 is 14.7 Å². The van der Waals surface area contributed by atoms with Crippen molar-refractivity contribution in [3.8, 4) is 11.5 Å². The van der Waals surface area contributed by atoms with Gasteiger partial charge in [-0.1, -0.05) is 29.4 Å². The van der Waals surface area contributed by atoms with Crippen LogP contribution < -0.4 is 10.2 Å². The summed E-state index contributed by atoms with van der Waals surface area (Å²) >= 11 is 0. The number of nitrogens with zero attached hydrogens (tertiary/aromatic N) is 3. The summed E-state index contributed by atoms with van der Waals surface area (Å²) in [6.07, 6.45) is 1.40. The second-order valence-corrected chi connectivity index (χ2v) is 6.26. The standard InChI is InChI=1S/C20H18N4O3/c25-18-10-5-11-24(18)16-9-4-8-15(12-16)19(26)21-13-17-22-20(27-23-17)14-6-2-1-3-7-14/h1-4,6-9,12H,5,10-11,13H2,(H,21,26). The number of anilines is 1. The van der Waals surface area contributed by atoms with Crippen molar-refractivity contribution in [2.75, 3.05) is 11.4 Å². The van der Waals surface area contributed by atoms with Gasteiger partial charge in [-0.05, 0) is 36.8 Å². The normalized spacial score (nSPS) is 13.8. The van der Waals surface area contributed by atoms with Crippen LogP contribution in [0.2, 0.25) is 0 Å². The van der Waals surface area contributed by atoms with Gasteiger partial charge in [0.05, 0.1) is 6.54 Å². The summed E-state index contributed by atoms with van der Waals surface area (Å²) in [5.41, 5.74) is 2.06. The first-order valence-corrected chi connectivity index (χ1v) is 8.77. The van der Waals surface area contributed by atoms with Gasteiger partial charge in [0.15, 0.2) is 5.82 Å². The van der Waals surface area contributed by atoms with E-state index in [9.17, 15) is 9.59 Å². The predicted molar refractivity (Wildman–Crippen MR) is 98.9 cm³/mol. The first-order chi connectivity index (χ1) is 13.2. The maximum atomic E-state index is 12.4. The molecule has 2 heterocycles. The molecule has 136 valence electrons. The average Bonchev–Trinajstić information content (AvgIpc) is 3.36. The molecule has 0 saturated carbocycles. The summed E-state index contributed by atoms with van der Waals surface area (Å²) in [6, 6.07) is 16.5. The molecule has 7 nitrogen and oxygen atoms in total. The summed E-state index contributed by atoms with van der Waals surface area (Å²) in [5.74, 6) is 0.643. The van der Waals surface area contributed by atoms with E-state index in [0.29, 0.717) is 30.2 Å². The van der Waals surface area contributed by atoms with Gasteiger partial charge in [-0.25, -0.2) is 0 Å². The summed E-state index contributed by atoms with van der Waals surface area (Å²) in [7, 11) is 0. The van der Waals surface area contributed by atoms with Crippen molar-refractivity contribution < 1.29 is 14.1 Å². The average molecular weight is 362 g/mol. The lowest BCUT2D eigenvalue weighted by Gasteiger charge is -2.16. The molecule has 0 atom stereocenters. The highest BCUT2D eigenvalue weighted by atomic mass is 16.5. The fourth-order valence-corrected chi connectivity index (χ4v) is 3.02. The van der Waals surface area contributed by atoms with Crippen molar-refractivity contribution in [1.82, 2.24) is 15.5 Å². The minimum absolute atomic E-state index is 0.0906. The Morgan fingerprint density at radius 2 is 2.00 bits per heavy atom. The fraction of sp³-hybridized carbons (Fsp3) is 0.200. The first-order valence-electron chi connectivity index (χ1n) is 8.77. The van der Waals surface area contributed by atoms with E-state index in [1.165, 1.54) is 0 Å². The maximum absolute atomic E-state index is 12.4. The molecule has 0 unspecified atom stereocenters. The molecular weight excluding hydrogens is 344 g/mol. The zero-order valence-corrected chi connectivity index (χ0v) is 14.6. The van der Waals surface area contributed by atoms with Crippen LogP contribution in [-0.4, -0.2) is 28.5 Å². The van der Waals surface area contributed by atoms with Gasteiger partial charge in [-0.15, -0.1) is 0 Å².